The highest BCUT2D eigenvalue weighted by atomic mass is 79.9. The molecule has 1 amide bonds. The second kappa shape index (κ2) is 5.19. The summed E-state index contributed by atoms with van der Waals surface area (Å²) in [7, 11) is 0. The maximum absolute atomic E-state index is 11.8. The molecule has 3 nitrogen and oxygen atoms in total. The zero-order chi connectivity index (χ0) is 12.3. The van der Waals surface area contributed by atoms with Gasteiger partial charge < -0.3 is 9.73 Å². The van der Waals surface area contributed by atoms with Gasteiger partial charge in [0.1, 0.15) is 5.76 Å². The third-order valence-electron chi connectivity index (χ3n) is 2.45. The van der Waals surface area contributed by atoms with Crippen LogP contribution in [0.2, 0.25) is 0 Å². The first kappa shape index (κ1) is 11.9. The third kappa shape index (κ3) is 2.97. The van der Waals surface area contributed by atoms with Crippen LogP contribution < -0.4 is 5.32 Å². The molecule has 0 radical (unpaired) electrons. The van der Waals surface area contributed by atoms with E-state index in [1.165, 1.54) is 6.26 Å². The summed E-state index contributed by atoms with van der Waals surface area (Å²) in [5.74, 6) is 0.521. The summed E-state index contributed by atoms with van der Waals surface area (Å²) in [5, 5.41) is 2.85. The lowest BCUT2D eigenvalue weighted by Gasteiger charge is -2.04. The van der Waals surface area contributed by atoms with E-state index >= 15 is 0 Å². The third-order valence-corrected chi connectivity index (χ3v) is 2.94. The van der Waals surface area contributed by atoms with Crippen molar-refractivity contribution in [3.63, 3.8) is 0 Å². The zero-order valence-electron chi connectivity index (χ0n) is 9.37. The fourth-order valence-electron chi connectivity index (χ4n) is 1.55. The molecule has 1 N–H and O–H groups in total. The Morgan fingerprint density at radius 3 is 2.88 bits per heavy atom. The average Bonchev–Trinajstić information content (AvgIpc) is 2.72. The largest absolute Gasteiger partial charge is 0.469 e. The Morgan fingerprint density at radius 1 is 1.41 bits per heavy atom. The smallest absolute Gasteiger partial charge is 0.255 e. The molecule has 1 heterocycles. The topological polar surface area (TPSA) is 42.2 Å². The molecule has 0 aliphatic rings. The summed E-state index contributed by atoms with van der Waals surface area (Å²) in [6, 6.07) is 9.50. The standard InChI is InChI=1S/C13H12BrNO2/c1-9-12(5-6-17-9)13(16)15-8-10-3-2-4-11(14)7-10/h2-7H,8H2,1H3,(H,15,16). The first-order chi connectivity index (χ1) is 8.16. The van der Waals surface area contributed by atoms with Gasteiger partial charge in [0.05, 0.1) is 11.8 Å². The number of nitrogens with one attached hydrogen (secondary N) is 1. The zero-order valence-corrected chi connectivity index (χ0v) is 11.0. The SMILES string of the molecule is Cc1occc1C(=O)NCc1cccc(Br)c1. The summed E-state index contributed by atoms with van der Waals surface area (Å²) in [4.78, 5) is 11.8. The number of carbonyl (C=O) groups is 1. The van der Waals surface area contributed by atoms with Gasteiger partial charge in [0.2, 0.25) is 0 Å². The van der Waals surface area contributed by atoms with Crippen LogP contribution in [0.15, 0.2) is 45.5 Å². The normalized spacial score (nSPS) is 10.2. The van der Waals surface area contributed by atoms with E-state index in [0.29, 0.717) is 17.9 Å². The number of halogens is 1. The Labute approximate surface area is 108 Å². The van der Waals surface area contributed by atoms with Crippen molar-refractivity contribution < 1.29 is 9.21 Å². The Balaban J connectivity index is 1.99. The molecule has 1 aromatic carbocycles. The van der Waals surface area contributed by atoms with Crippen molar-refractivity contribution in [3.05, 3.63) is 58.0 Å². The van der Waals surface area contributed by atoms with Crippen LogP contribution in [0.3, 0.4) is 0 Å². The van der Waals surface area contributed by atoms with E-state index in [9.17, 15) is 4.79 Å². The molecule has 0 fully saturated rings. The van der Waals surface area contributed by atoms with Gasteiger partial charge in [-0.15, -0.1) is 0 Å². The molecule has 17 heavy (non-hydrogen) atoms. The summed E-state index contributed by atoms with van der Waals surface area (Å²) in [6.45, 7) is 2.27. The molecular formula is C13H12BrNO2. The highest BCUT2D eigenvalue weighted by molar-refractivity contribution is 9.10. The summed E-state index contributed by atoms with van der Waals surface area (Å²) in [6.07, 6.45) is 1.52. The van der Waals surface area contributed by atoms with Crippen LogP contribution in [0, 0.1) is 6.92 Å². The van der Waals surface area contributed by atoms with Crippen molar-refractivity contribution in [3.8, 4) is 0 Å². The fraction of sp³-hybridized carbons (Fsp3) is 0.154. The van der Waals surface area contributed by atoms with E-state index in [0.717, 1.165) is 10.0 Å². The van der Waals surface area contributed by atoms with E-state index in [2.05, 4.69) is 21.2 Å². The molecule has 0 saturated carbocycles. The number of aryl methyl sites for hydroxylation is 1. The van der Waals surface area contributed by atoms with Gasteiger partial charge in [0.15, 0.2) is 0 Å². The monoisotopic (exact) mass is 293 g/mol. The van der Waals surface area contributed by atoms with Crippen LogP contribution in [-0.4, -0.2) is 5.91 Å². The predicted octanol–water partition coefficient (Wildman–Crippen LogP) is 3.28. The number of hydrogen-bond donors (Lipinski definition) is 1. The van der Waals surface area contributed by atoms with Gasteiger partial charge in [0, 0.05) is 11.0 Å². The van der Waals surface area contributed by atoms with Crippen molar-refractivity contribution in [1.82, 2.24) is 5.32 Å². The van der Waals surface area contributed by atoms with Crippen molar-refractivity contribution >= 4 is 21.8 Å². The van der Waals surface area contributed by atoms with E-state index < -0.39 is 0 Å². The minimum Gasteiger partial charge on any atom is -0.469 e. The molecule has 0 aliphatic carbocycles. The maximum atomic E-state index is 11.8. The van der Waals surface area contributed by atoms with Crippen LogP contribution in [0.5, 0.6) is 0 Å². The first-order valence-corrected chi connectivity index (χ1v) is 6.03. The van der Waals surface area contributed by atoms with Gasteiger partial charge in [0.25, 0.3) is 5.91 Å². The van der Waals surface area contributed by atoms with E-state index in [4.69, 9.17) is 4.42 Å². The van der Waals surface area contributed by atoms with E-state index in [1.54, 1.807) is 13.0 Å². The molecule has 0 bridgehead atoms. The number of carbonyl (C=O) groups excluding carboxylic acids is 1. The summed E-state index contributed by atoms with van der Waals surface area (Å²) in [5.41, 5.74) is 1.63. The second-order valence-corrected chi connectivity index (χ2v) is 4.62. The van der Waals surface area contributed by atoms with Gasteiger partial charge >= 0.3 is 0 Å². The van der Waals surface area contributed by atoms with E-state index in [1.807, 2.05) is 24.3 Å². The number of benzene rings is 1. The minimum absolute atomic E-state index is 0.115. The fourth-order valence-corrected chi connectivity index (χ4v) is 1.99. The molecule has 0 atom stereocenters. The Bertz CT molecular complexity index is 534. The molecule has 0 saturated heterocycles. The van der Waals surface area contributed by atoms with Gasteiger partial charge in [-0.25, -0.2) is 0 Å². The average molecular weight is 294 g/mol. The van der Waals surface area contributed by atoms with Gasteiger partial charge in [-0.1, -0.05) is 28.1 Å². The number of furan rings is 1. The molecule has 88 valence electrons. The Hall–Kier alpha value is -1.55. The van der Waals surface area contributed by atoms with Crippen LogP contribution in [0.1, 0.15) is 21.7 Å². The molecule has 0 aliphatic heterocycles. The lowest BCUT2D eigenvalue weighted by atomic mass is 10.2. The highest BCUT2D eigenvalue weighted by Gasteiger charge is 2.10. The number of rotatable bonds is 3. The second-order valence-electron chi connectivity index (χ2n) is 3.70. The summed E-state index contributed by atoms with van der Waals surface area (Å²) >= 11 is 3.39. The molecule has 4 heteroatoms. The Kier molecular flexibility index (Phi) is 3.64. The lowest BCUT2D eigenvalue weighted by Crippen LogP contribution is -2.22. The van der Waals surface area contributed by atoms with Crippen molar-refractivity contribution in [2.24, 2.45) is 0 Å². The molecule has 1 aromatic heterocycles. The van der Waals surface area contributed by atoms with Crippen molar-refractivity contribution in [1.29, 1.82) is 0 Å². The van der Waals surface area contributed by atoms with Gasteiger partial charge in [-0.3, -0.25) is 4.79 Å². The quantitative estimate of drug-likeness (QED) is 0.944. The van der Waals surface area contributed by atoms with Crippen LogP contribution >= 0.6 is 15.9 Å². The van der Waals surface area contributed by atoms with Gasteiger partial charge in [-0.2, -0.15) is 0 Å². The van der Waals surface area contributed by atoms with Crippen molar-refractivity contribution in [2.45, 2.75) is 13.5 Å². The number of hydrogen-bond acceptors (Lipinski definition) is 2. The molecular weight excluding hydrogens is 282 g/mol. The Morgan fingerprint density at radius 2 is 2.24 bits per heavy atom. The minimum atomic E-state index is -0.115. The van der Waals surface area contributed by atoms with E-state index in [-0.39, 0.29) is 5.91 Å². The van der Waals surface area contributed by atoms with Crippen LogP contribution in [-0.2, 0) is 6.54 Å². The molecule has 0 unspecified atom stereocenters. The van der Waals surface area contributed by atoms with Crippen LogP contribution in [0.4, 0.5) is 0 Å². The number of amides is 1. The predicted molar refractivity (Wildman–Crippen MR) is 68.8 cm³/mol. The van der Waals surface area contributed by atoms with Crippen LogP contribution in [0.25, 0.3) is 0 Å². The van der Waals surface area contributed by atoms with Gasteiger partial charge in [-0.05, 0) is 30.7 Å². The lowest BCUT2D eigenvalue weighted by molar-refractivity contribution is 0.0949. The molecule has 0 spiro atoms. The summed E-state index contributed by atoms with van der Waals surface area (Å²) < 4.78 is 6.09. The first-order valence-electron chi connectivity index (χ1n) is 5.23. The maximum Gasteiger partial charge on any atom is 0.255 e. The highest BCUT2D eigenvalue weighted by Crippen LogP contribution is 2.12. The van der Waals surface area contributed by atoms with Crippen molar-refractivity contribution in [2.75, 3.05) is 0 Å². The molecule has 2 aromatic rings. The molecule has 2 rings (SSSR count).